The Balaban J connectivity index is 1.63. The molecule has 26 heavy (non-hydrogen) atoms. The lowest BCUT2D eigenvalue weighted by molar-refractivity contribution is 0.186. The zero-order valence-corrected chi connectivity index (χ0v) is 16.2. The Kier molecular flexibility index (Phi) is 6.41. The normalized spacial score (nSPS) is 21.0. The van der Waals surface area contributed by atoms with Crippen LogP contribution in [0.1, 0.15) is 57.1 Å². The van der Waals surface area contributed by atoms with E-state index in [2.05, 4.69) is 17.1 Å². The quantitative estimate of drug-likeness (QED) is 0.625. The fraction of sp³-hybridized carbons (Fsp3) is 0.667. The van der Waals surface area contributed by atoms with Gasteiger partial charge in [0, 0.05) is 19.6 Å². The highest BCUT2D eigenvalue weighted by molar-refractivity contribution is 5.80. The van der Waals surface area contributed by atoms with E-state index in [1.165, 1.54) is 38.5 Å². The molecule has 1 saturated heterocycles. The Morgan fingerprint density at radius 2 is 1.96 bits per heavy atom. The summed E-state index contributed by atoms with van der Waals surface area (Å²) in [6, 6.07) is 7.55. The van der Waals surface area contributed by atoms with Gasteiger partial charge in [0.15, 0.2) is 5.96 Å². The van der Waals surface area contributed by atoms with E-state index in [1.54, 1.807) is 7.11 Å². The van der Waals surface area contributed by atoms with Crippen LogP contribution in [0.25, 0.3) is 0 Å². The van der Waals surface area contributed by atoms with Crippen LogP contribution in [0.15, 0.2) is 29.3 Å². The van der Waals surface area contributed by atoms with Gasteiger partial charge in [-0.25, -0.2) is 0 Å². The fourth-order valence-corrected chi connectivity index (χ4v) is 4.36. The number of ether oxygens (including phenoxy) is 1. The Morgan fingerprint density at radius 1 is 1.23 bits per heavy atom. The number of methoxy groups -OCH3 is 1. The average molecular weight is 360 g/mol. The van der Waals surface area contributed by atoms with Crippen molar-refractivity contribution in [2.24, 2.45) is 10.4 Å². The second kappa shape index (κ2) is 8.76. The van der Waals surface area contributed by atoms with Gasteiger partial charge in [-0.15, -0.1) is 0 Å². The molecule has 1 atom stereocenters. The first-order valence-electron chi connectivity index (χ1n) is 10.0. The van der Waals surface area contributed by atoms with Gasteiger partial charge in [-0.05, 0) is 49.3 Å². The predicted octanol–water partition coefficient (Wildman–Crippen LogP) is 3.35. The molecular weight excluding hydrogens is 326 g/mol. The van der Waals surface area contributed by atoms with E-state index in [9.17, 15) is 5.11 Å². The molecule has 2 N–H and O–H groups in total. The minimum atomic E-state index is -0.596. The number of likely N-dealkylation sites (tertiary alicyclic amines) is 1. The number of hydrogen-bond donors (Lipinski definition) is 2. The third-order valence-electron chi connectivity index (χ3n) is 5.90. The van der Waals surface area contributed by atoms with E-state index in [0.29, 0.717) is 12.0 Å². The van der Waals surface area contributed by atoms with E-state index < -0.39 is 6.10 Å². The Morgan fingerprint density at radius 3 is 2.62 bits per heavy atom. The Hall–Kier alpha value is -1.75. The molecule has 3 rings (SSSR count). The summed E-state index contributed by atoms with van der Waals surface area (Å²) in [5.74, 6) is 1.75. The van der Waals surface area contributed by atoms with Crippen molar-refractivity contribution >= 4 is 5.96 Å². The van der Waals surface area contributed by atoms with E-state index >= 15 is 0 Å². The van der Waals surface area contributed by atoms with Crippen LogP contribution in [0, 0.1) is 5.41 Å². The maximum atomic E-state index is 10.5. The second-order valence-corrected chi connectivity index (χ2v) is 7.72. The highest BCUT2D eigenvalue weighted by Gasteiger charge is 2.39. The molecule has 1 aliphatic heterocycles. The van der Waals surface area contributed by atoms with Gasteiger partial charge >= 0.3 is 0 Å². The SMILES string of the molecule is CCNC(=NCC(O)c1ccc(OC)cc1)N1CCC2(CCCCC2)C1. The zero-order valence-electron chi connectivity index (χ0n) is 16.2. The molecule has 1 aliphatic carbocycles. The van der Waals surface area contributed by atoms with E-state index in [0.717, 1.165) is 36.9 Å². The van der Waals surface area contributed by atoms with Crippen LogP contribution < -0.4 is 10.1 Å². The van der Waals surface area contributed by atoms with Gasteiger partial charge < -0.3 is 20.1 Å². The summed E-state index contributed by atoms with van der Waals surface area (Å²) in [5.41, 5.74) is 1.37. The molecule has 1 aromatic carbocycles. The van der Waals surface area contributed by atoms with Gasteiger partial charge in [0.05, 0.1) is 19.8 Å². The molecule has 5 nitrogen and oxygen atoms in total. The molecule has 2 fully saturated rings. The molecule has 1 unspecified atom stereocenters. The lowest BCUT2D eigenvalue weighted by Gasteiger charge is -2.33. The summed E-state index contributed by atoms with van der Waals surface area (Å²) < 4.78 is 5.18. The van der Waals surface area contributed by atoms with Crippen LogP contribution in [0.4, 0.5) is 0 Å². The van der Waals surface area contributed by atoms with Crippen LogP contribution >= 0.6 is 0 Å². The van der Waals surface area contributed by atoms with Crippen LogP contribution in [0.2, 0.25) is 0 Å². The molecule has 1 heterocycles. The molecule has 0 amide bonds. The first-order valence-corrected chi connectivity index (χ1v) is 10.0. The third kappa shape index (κ3) is 4.50. The molecule has 1 spiro atoms. The number of rotatable bonds is 5. The number of guanidine groups is 1. The molecular formula is C21H33N3O2. The zero-order chi connectivity index (χ0) is 18.4. The smallest absolute Gasteiger partial charge is 0.194 e. The first kappa shape index (κ1) is 19.0. The Labute approximate surface area is 157 Å². The maximum absolute atomic E-state index is 10.5. The van der Waals surface area contributed by atoms with Gasteiger partial charge in [-0.3, -0.25) is 4.99 Å². The van der Waals surface area contributed by atoms with Gasteiger partial charge in [0.25, 0.3) is 0 Å². The first-order chi connectivity index (χ1) is 12.7. The van der Waals surface area contributed by atoms with Gasteiger partial charge in [-0.2, -0.15) is 0 Å². The fourth-order valence-electron chi connectivity index (χ4n) is 4.36. The highest BCUT2D eigenvalue weighted by Crippen LogP contribution is 2.43. The van der Waals surface area contributed by atoms with E-state index in [4.69, 9.17) is 9.73 Å². The van der Waals surface area contributed by atoms with Crippen LogP contribution in [-0.2, 0) is 0 Å². The minimum Gasteiger partial charge on any atom is -0.497 e. The van der Waals surface area contributed by atoms with Crippen molar-refractivity contribution in [3.05, 3.63) is 29.8 Å². The largest absolute Gasteiger partial charge is 0.497 e. The van der Waals surface area contributed by atoms with Crippen molar-refractivity contribution in [1.29, 1.82) is 0 Å². The second-order valence-electron chi connectivity index (χ2n) is 7.72. The number of nitrogens with zero attached hydrogens (tertiary/aromatic N) is 2. The van der Waals surface area contributed by atoms with Crippen molar-refractivity contribution in [2.45, 2.75) is 51.6 Å². The van der Waals surface area contributed by atoms with Gasteiger partial charge in [0.1, 0.15) is 5.75 Å². The van der Waals surface area contributed by atoms with E-state index in [1.807, 2.05) is 24.3 Å². The van der Waals surface area contributed by atoms with Crippen molar-refractivity contribution in [1.82, 2.24) is 10.2 Å². The number of benzene rings is 1. The maximum Gasteiger partial charge on any atom is 0.194 e. The lowest BCUT2D eigenvalue weighted by atomic mass is 9.73. The average Bonchev–Trinajstić information content (AvgIpc) is 3.08. The standard InChI is InChI=1S/C21H33N3O2/c1-3-22-20(24-14-13-21(16-24)11-5-4-6-12-21)23-15-19(25)17-7-9-18(26-2)10-8-17/h7-10,19,25H,3-6,11-16H2,1-2H3,(H,22,23). The topological polar surface area (TPSA) is 57.1 Å². The number of aliphatic imine (C=N–C) groups is 1. The van der Waals surface area contributed by atoms with E-state index in [-0.39, 0.29) is 0 Å². The van der Waals surface area contributed by atoms with Gasteiger partial charge in [-0.1, -0.05) is 31.4 Å². The molecule has 5 heteroatoms. The molecule has 1 aromatic rings. The van der Waals surface area contributed by atoms with Crippen LogP contribution in [-0.4, -0.2) is 49.3 Å². The third-order valence-corrected chi connectivity index (χ3v) is 5.90. The summed E-state index contributed by atoms with van der Waals surface area (Å²) in [5, 5.41) is 13.9. The van der Waals surface area contributed by atoms with Crippen molar-refractivity contribution < 1.29 is 9.84 Å². The van der Waals surface area contributed by atoms with Crippen molar-refractivity contribution in [3.8, 4) is 5.75 Å². The Bertz CT molecular complexity index is 594. The summed E-state index contributed by atoms with van der Waals surface area (Å²) in [4.78, 5) is 7.14. The summed E-state index contributed by atoms with van der Waals surface area (Å²) in [7, 11) is 1.65. The molecule has 1 saturated carbocycles. The predicted molar refractivity (Wildman–Crippen MR) is 106 cm³/mol. The number of hydrogen-bond acceptors (Lipinski definition) is 3. The molecule has 144 valence electrons. The summed E-state index contributed by atoms with van der Waals surface area (Å²) in [6.07, 6.45) is 7.54. The number of nitrogens with one attached hydrogen (secondary N) is 1. The molecule has 0 bridgehead atoms. The molecule has 0 radical (unpaired) electrons. The summed E-state index contributed by atoms with van der Waals surface area (Å²) >= 11 is 0. The number of aliphatic hydroxyl groups excluding tert-OH is 1. The van der Waals surface area contributed by atoms with Crippen molar-refractivity contribution in [2.75, 3.05) is 33.3 Å². The van der Waals surface area contributed by atoms with Gasteiger partial charge in [0.2, 0.25) is 0 Å². The van der Waals surface area contributed by atoms with Crippen LogP contribution in [0.3, 0.4) is 0 Å². The summed E-state index contributed by atoms with van der Waals surface area (Å²) in [6.45, 7) is 5.50. The highest BCUT2D eigenvalue weighted by atomic mass is 16.5. The molecule has 2 aliphatic rings. The monoisotopic (exact) mass is 359 g/mol. The lowest BCUT2D eigenvalue weighted by Crippen LogP contribution is -2.41. The molecule has 0 aromatic heterocycles. The van der Waals surface area contributed by atoms with Crippen LogP contribution in [0.5, 0.6) is 5.75 Å². The van der Waals surface area contributed by atoms with Crippen molar-refractivity contribution in [3.63, 3.8) is 0 Å². The minimum absolute atomic E-state index is 0.373. The number of aliphatic hydroxyl groups is 1.